The van der Waals surface area contributed by atoms with Gasteiger partial charge in [-0.2, -0.15) is 12.6 Å². The molecule has 0 fully saturated rings. The standard InChI is InChI=1S/C23H26O2S/c1-17-3-2-4-22(15-17)21-11-9-20(10-12-21)19-7-5-18(6-8-19)16-25-23(24)13-14-26/h2-11,17,21,26H,12-16H2,1H3. The lowest BCUT2D eigenvalue weighted by Gasteiger charge is -2.23. The first-order valence-electron chi connectivity index (χ1n) is 9.27. The highest BCUT2D eigenvalue weighted by Crippen LogP contribution is 2.33. The van der Waals surface area contributed by atoms with Crippen LogP contribution in [-0.4, -0.2) is 11.7 Å². The molecular formula is C23H26O2S. The van der Waals surface area contributed by atoms with E-state index in [1.54, 1.807) is 0 Å². The zero-order valence-electron chi connectivity index (χ0n) is 15.2. The van der Waals surface area contributed by atoms with Gasteiger partial charge in [-0.15, -0.1) is 0 Å². The van der Waals surface area contributed by atoms with Crippen LogP contribution in [0.4, 0.5) is 0 Å². The molecule has 0 saturated heterocycles. The zero-order chi connectivity index (χ0) is 18.4. The van der Waals surface area contributed by atoms with Gasteiger partial charge in [0.2, 0.25) is 0 Å². The van der Waals surface area contributed by atoms with Crippen molar-refractivity contribution in [3.63, 3.8) is 0 Å². The van der Waals surface area contributed by atoms with Crippen LogP contribution in [0.5, 0.6) is 0 Å². The quantitative estimate of drug-likeness (QED) is 0.529. The molecule has 0 heterocycles. The molecule has 2 nitrogen and oxygen atoms in total. The molecule has 2 aliphatic carbocycles. The average molecular weight is 367 g/mol. The second kappa shape index (κ2) is 9.09. The third-order valence-electron chi connectivity index (χ3n) is 4.89. The Morgan fingerprint density at radius 2 is 2.04 bits per heavy atom. The van der Waals surface area contributed by atoms with Crippen molar-refractivity contribution < 1.29 is 9.53 Å². The molecule has 2 aliphatic rings. The van der Waals surface area contributed by atoms with Gasteiger partial charge in [0.25, 0.3) is 0 Å². The van der Waals surface area contributed by atoms with Gasteiger partial charge in [-0.1, -0.05) is 73.2 Å². The average Bonchev–Trinajstić information content (AvgIpc) is 2.67. The summed E-state index contributed by atoms with van der Waals surface area (Å²) in [5.74, 6) is 1.49. The monoisotopic (exact) mass is 366 g/mol. The lowest BCUT2D eigenvalue weighted by atomic mass is 9.82. The highest BCUT2D eigenvalue weighted by atomic mass is 32.1. The fraction of sp³-hybridized carbons (Fsp3) is 0.348. The number of esters is 1. The SMILES string of the molecule is CC1C=CC=C(C2C=CC(c3ccc(COC(=O)CCS)cc3)=CC2)C1. The summed E-state index contributed by atoms with van der Waals surface area (Å²) in [6.07, 6.45) is 16.2. The first-order chi connectivity index (χ1) is 12.7. The Hall–Kier alpha value is -2.00. The van der Waals surface area contributed by atoms with Crippen LogP contribution in [0.15, 0.2) is 66.3 Å². The van der Waals surface area contributed by atoms with E-state index >= 15 is 0 Å². The molecule has 1 aromatic rings. The van der Waals surface area contributed by atoms with E-state index in [1.807, 2.05) is 12.1 Å². The van der Waals surface area contributed by atoms with Crippen molar-refractivity contribution in [2.75, 3.05) is 5.75 Å². The molecule has 136 valence electrons. The molecule has 26 heavy (non-hydrogen) atoms. The van der Waals surface area contributed by atoms with Crippen molar-refractivity contribution in [2.24, 2.45) is 11.8 Å². The van der Waals surface area contributed by atoms with Crippen molar-refractivity contribution in [2.45, 2.75) is 32.8 Å². The van der Waals surface area contributed by atoms with E-state index in [0.29, 0.717) is 30.6 Å². The van der Waals surface area contributed by atoms with Crippen LogP contribution in [0.2, 0.25) is 0 Å². The van der Waals surface area contributed by atoms with Gasteiger partial charge in [0.1, 0.15) is 6.61 Å². The van der Waals surface area contributed by atoms with Gasteiger partial charge in [-0.25, -0.2) is 0 Å². The molecule has 0 radical (unpaired) electrons. The number of allylic oxidation sites excluding steroid dienone is 8. The number of carbonyl (C=O) groups excluding carboxylic acids is 1. The maximum atomic E-state index is 11.4. The summed E-state index contributed by atoms with van der Waals surface area (Å²) in [5, 5.41) is 0. The minimum absolute atomic E-state index is 0.200. The summed E-state index contributed by atoms with van der Waals surface area (Å²) in [6, 6.07) is 8.26. The van der Waals surface area contributed by atoms with E-state index < -0.39 is 0 Å². The maximum Gasteiger partial charge on any atom is 0.306 e. The topological polar surface area (TPSA) is 26.3 Å². The van der Waals surface area contributed by atoms with E-state index in [9.17, 15) is 4.79 Å². The van der Waals surface area contributed by atoms with Crippen LogP contribution in [0.3, 0.4) is 0 Å². The Balaban J connectivity index is 1.57. The molecule has 0 N–H and O–H groups in total. The summed E-state index contributed by atoms with van der Waals surface area (Å²) in [4.78, 5) is 11.4. The predicted molar refractivity (Wildman–Crippen MR) is 111 cm³/mol. The molecule has 1 aromatic carbocycles. The molecule has 2 unspecified atom stereocenters. The van der Waals surface area contributed by atoms with Crippen LogP contribution in [0, 0.1) is 11.8 Å². The molecule has 0 aliphatic heterocycles. The Morgan fingerprint density at radius 1 is 1.23 bits per heavy atom. The highest BCUT2D eigenvalue weighted by molar-refractivity contribution is 7.80. The van der Waals surface area contributed by atoms with Crippen molar-refractivity contribution in [3.05, 3.63) is 77.4 Å². The van der Waals surface area contributed by atoms with Crippen LogP contribution < -0.4 is 0 Å². The summed E-state index contributed by atoms with van der Waals surface area (Å²) < 4.78 is 5.22. The Kier molecular flexibility index (Phi) is 6.56. The minimum Gasteiger partial charge on any atom is -0.461 e. The van der Waals surface area contributed by atoms with E-state index in [0.717, 1.165) is 18.4 Å². The second-order valence-electron chi connectivity index (χ2n) is 7.00. The third-order valence-corrected chi connectivity index (χ3v) is 5.11. The number of carbonyl (C=O) groups is 1. The largest absolute Gasteiger partial charge is 0.461 e. The molecule has 0 bridgehead atoms. The van der Waals surface area contributed by atoms with Crippen molar-refractivity contribution in [1.29, 1.82) is 0 Å². The normalized spacial score (nSPS) is 21.9. The van der Waals surface area contributed by atoms with Gasteiger partial charge in [0.15, 0.2) is 0 Å². The number of benzene rings is 1. The zero-order valence-corrected chi connectivity index (χ0v) is 16.1. The predicted octanol–water partition coefficient (Wildman–Crippen LogP) is 5.53. The molecule has 0 aromatic heterocycles. The summed E-state index contributed by atoms with van der Waals surface area (Å²) in [5.41, 5.74) is 5.01. The van der Waals surface area contributed by atoms with Crippen LogP contribution in [-0.2, 0) is 16.1 Å². The van der Waals surface area contributed by atoms with Crippen molar-refractivity contribution in [3.8, 4) is 0 Å². The first-order valence-corrected chi connectivity index (χ1v) is 9.90. The molecule has 3 rings (SSSR count). The van der Waals surface area contributed by atoms with Crippen LogP contribution in [0.25, 0.3) is 5.57 Å². The highest BCUT2D eigenvalue weighted by Gasteiger charge is 2.17. The van der Waals surface area contributed by atoms with Crippen molar-refractivity contribution >= 4 is 24.2 Å². The lowest BCUT2D eigenvalue weighted by Crippen LogP contribution is -2.08. The fourth-order valence-electron chi connectivity index (χ4n) is 3.38. The summed E-state index contributed by atoms with van der Waals surface area (Å²) >= 11 is 4.04. The van der Waals surface area contributed by atoms with E-state index in [4.69, 9.17) is 4.74 Å². The molecule has 0 spiro atoms. The Labute approximate surface area is 161 Å². The Bertz CT molecular complexity index is 753. The maximum absolute atomic E-state index is 11.4. The number of ether oxygens (including phenoxy) is 1. The number of hydrogen-bond acceptors (Lipinski definition) is 3. The van der Waals surface area contributed by atoms with Gasteiger partial charge in [0, 0.05) is 11.7 Å². The molecule has 3 heteroatoms. The number of rotatable bonds is 6. The smallest absolute Gasteiger partial charge is 0.306 e. The van der Waals surface area contributed by atoms with Crippen LogP contribution >= 0.6 is 12.6 Å². The third kappa shape index (κ3) is 5.01. The summed E-state index contributed by atoms with van der Waals surface area (Å²) in [7, 11) is 0. The summed E-state index contributed by atoms with van der Waals surface area (Å²) in [6.45, 7) is 2.60. The first kappa shape index (κ1) is 18.8. The lowest BCUT2D eigenvalue weighted by molar-refractivity contribution is -0.144. The van der Waals surface area contributed by atoms with Crippen molar-refractivity contribution in [1.82, 2.24) is 0 Å². The van der Waals surface area contributed by atoms with E-state index in [2.05, 4.69) is 68.1 Å². The van der Waals surface area contributed by atoms with Gasteiger partial charge < -0.3 is 4.74 Å². The molecular weight excluding hydrogens is 340 g/mol. The van der Waals surface area contributed by atoms with Gasteiger partial charge in [-0.3, -0.25) is 4.79 Å². The van der Waals surface area contributed by atoms with E-state index in [1.165, 1.54) is 16.7 Å². The van der Waals surface area contributed by atoms with Gasteiger partial charge in [0.05, 0.1) is 6.42 Å². The second-order valence-corrected chi connectivity index (χ2v) is 7.45. The molecule has 0 saturated carbocycles. The van der Waals surface area contributed by atoms with Gasteiger partial charge in [-0.05, 0) is 35.5 Å². The molecule has 2 atom stereocenters. The van der Waals surface area contributed by atoms with E-state index in [-0.39, 0.29) is 5.97 Å². The molecule has 0 amide bonds. The number of hydrogen-bond donors (Lipinski definition) is 1. The van der Waals surface area contributed by atoms with Gasteiger partial charge >= 0.3 is 5.97 Å². The minimum atomic E-state index is -0.200. The Morgan fingerprint density at radius 3 is 2.69 bits per heavy atom. The number of thiol groups is 1. The van der Waals surface area contributed by atoms with Crippen LogP contribution in [0.1, 0.15) is 37.3 Å². The fourth-order valence-corrected chi connectivity index (χ4v) is 3.56.